The lowest BCUT2D eigenvalue weighted by molar-refractivity contribution is 0.0995. The molecule has 2 atom stereocenters. The second-order valence-electron chi connectivity index (χ2n) is 5.06. The lowest BCUT2D eigenvalue weighted by atomic mass is 9.99. The fourth-order valence-electron chi connectivity index (χ4n) is 2.79. The van der Waals surface area contributed by atoms with Crippen LogP contribution in [-0.2, 0) is 4.74 Å². The molecule has 1 aromatic rings. The summed E-state index contributed by atoms with van der Waals surface area (Å²) in [6.07, 6.45) is 7.45. The van der Waals surface area contributed by atoms with Gasteiger partial charge >= 0.3 is 0 Å². The molecule has 0 bridgehead atoms. The molecular formula is C16H25NOS. The average molecular weight is 279 g/mol. The van der Waals surface area contributed by atoms with Gasteiger partial charge in [-0.05, 0) is 50.1 Å². The normalized spacial score (nSPS) is 20.6. The maximum atomic E-state index is 5.74. The summed E-state index contributed by atoms with van der Waals surface area (Å²) in [5, 5.41) is 3.63. The third kappa shape index (κ3) is 4.23. The second kappa shape index (κ2) is 7.93. The van der Waals surface area contributed by atoms with Gasteiger partial charge in [0.25, 0.3) is 0 Å². The Labute approximate surface area is 121 Å². The monoisotopic (exact) mass is 279 g/mol. The number of benzene rings is 1. The Balaban J connectivity index is 2.01. The molecule has 1 aromatic carbocycles. The highest BCUT2D eigenvalue weighted by atomic mass is 32.2. The molecule has 106 valence electrons. The Morgan fingerprint density at radius 2 is 2.26 bits per heavy atom. The largest absolute Gasteiger partial charge is 0.378 e. The van der Waals surface area contributed by atoms with Crippen LogP contribution in [0.4, 0.5) is 0 Å². The van der Waals surface area contributed by atoms with Crippen LogP contribution in [0.2, 0.25) is 0 Å². The third-order valence-corrected chi connectivity index (χ3v) is 4.58. The number of hydrogen-bond donors (Lipinski definition) is 1. The van der Waals surface area contributed by atoms with E-state index in [0.29, 0.717) is 12.1 Å². The number of ether oxygens (including phenoxy) is 1. The van der Waals surface area contributed by atoms with Gasteiger partial charge in [0.15, 0.2) is 0 Å². The van der Waals surface area contributed by atoms with E-state index < -0.39 is 0 Å². The molecule has 19 heavy (non-hydrogen) atoms. The van der Waals surface area contributed by atoms with E-state index in [1.165, 1.54) is 29.7 Å². The standard InChI is InChI=1S/C16H25NOS/c1-3-17-15(11-10-13-7-6-12-18-13)14-8-4-5-9-16(14)19-2/h4-5,8-9,13,15,17H,3,6-7,10-12H2,1-2H3. The molecule has 1 aliphatic rings. The second-order valence-corrected chi connectivity index (χ2v) is 5.91. The molecule has 0 aliphatic carbocycles. The van der Waals surface area contributed by atoms with Gasteiger partial charge in [-0.1, -0.05) is 25.1 Å². The zero-order chi connectivity index (χ0) is 13.5. The van der Waals surface area contributed by atoms with Crippen molar-refractivity contribution in [2.45, 2.75) is 49.6 Å². The molecule has 0 spiro atoms. The van der Waals surface area contributed by atoms with Gasteiger partial charge in [0.1, 0.15) is 0 Å². The molecule has 0 saturated carbocycles. The van der Waals surface area contributed by atoms with E-state index in [-0.39, 0.29) is 0 Å². The van der Waals surface area contributed by atoms with Crippen LogP contribution in [-0.4, -0.2) is 25.5 Å². The van der Waals surface area contributed by atoms with Gasteiger partial charge in [-0.25, -0.2) is 0 Å². The van der Waals surface area contributed by atoms with Crippen molar-refractivity contribution in [3.8, 4) is 0 Å². The maximum Gasteiger partial charge on any atom is 0.0576 e. The Morgan fingerprint density at radius 1 is 1.42 bits per heavy atom. The molecule has 1 aliphatic heterocycles. The first kappa shape index (κ1) is 14.9. The van der Waals surface area contributed by atoms with Crippen LogP contribution < -0.4 is 5.32 Å². The zero-order valence-electron chi connectivity index (χ0n) is 12.0. The smallest absolute Gasteiger partial charge is 0.0576 e. The van der Waals surface area contributed by atoms with Crippen molar-refractivity contribution in [2.24, 2.45) is 0 Å². The highest BCUT2D eigenvalue weighted by molar-refractivity contribution is 7.98. The molecular weight excluding hydrogens is 254 g/mol. The Hall–Kier alpha value is -0.510. The molecule has 3 heteroatoms. The van der Waals surface area contributed by atoms with Gasteiger partial charge in [0, 0.05) is 17.5 Å². The predicted octanol–water partition coefficient (Wildman–Crippen LogP) is 4.02. The van der Waals surface area contributed by atoms with Gasteiger partial charge in [-0.15, -0.1) is 11.8 Å². The topological polar surface area (TPSA) is 21.3 Å². The molecule has 1 N–H and O–H groups in total. The predicted molar refractivity (Wildman–Crippen MR) is 82.8 cm³/mol. The third-order valence-electron chi connectivity index (χ3n) is 3.77. The molecule has 0 radical (unpaired) electrons. The highest BCUT2D eigenvalue weighted by Gasteiger charge is 2.19. The minimum absolute atomic E-state index is 0.456. The first-order valence-corrected chi connectivity index (χ1v) is 8.55. The Bertz CT molecular complexity index is 377. The van der Waals surface area contributed by atoms with E-state index in [1.807, 2.05) is 11.8 Å². The maximum absolute atomic E-state index is 5.74. The van der Waals surface area contributed by atoms with Gasteiger partial charge < -0.3 is 10.1 Å². The summed E-state index contributed by atoms with van der Waals surface area (Å²) in [5.74, 6) is 0. The van der Waals surface area contributed by atoms with Crippen molar-refractivity contribution in [1.82, 2.24) is 5.32 Å². The first-order chi connectivity index (χ1) is 9.35. The Kier molecular flexibility index (Phi) is 6.21. The number of nitrogens with one attached hydrogen (secondary N) is 1. The van der Waals surface area contributed by atoms with E-state index in [9.17, 15) is 0 Å². The molecule has 2 unspecified atom stereocenters. The average Bonchev–Trinajstić information content (AvgIpc) is 2.96. The van der Waals surface area contributed by atoms with Gasteiger partial charge in [-0.2, -0.15) is 0 Å². The van der Waals surface area contributed by atoms with Gasteiger partial charge in [0.2, 0.25) is 0 Å². The quantitative estimate of drug-likeness (QED) is 0.762. The molecule has 2 rings (SSSR count). The van der Waals surface area contributed by atoms with Crippen molar-refractivity contribution in [1.29, 1.82) is 0 Å². The van der Waals surface area contributed by atoms with E-state index in [4.69, 9.17) is 4.74 Å². The van der Waals surface area contributed by atoms with Crippen LogP contribution in [0.25, 0.3) is 0 Å². The van der Waals surface area contributed by atoms with Crippen molar-refractivity contribution in [3.05, 3.63) is 29.8 Å². The molecule has 1 heterocycles. The summed E-state index contributed by atoms with van der Waals surface area (Å²) in [6.45, 7) is 4.15. The molecule has 0 aromatic heterocycles. The number of rotatable bonds is 7. The minimum Gasteiger partial charge on any atom is -0.378 e. The fourth-order valence-corrected chi connectivity index (χ4v) is 3.45. The van der Waals surface area contributed by atoms with E-state index in [0.717, 1.165) is 19.6 Å². The number of thioether (sulfide) groups is 1. The Morgan fingerprint density at radius 3 is 2.95 bits per heavy atom. The molecule has 1 saturated heterocycles. The molecule has 2 nitrogen and oxygen atoms in total. The summed E-state index contributed by atoms with van der Waals surface area (Å²) in [7, 11) is 0. The van der Waals surface area contributed by atoms with Crippen LogP contribution in [0.5, 0.6) is 0 Å². The first-order valence-electron chi connectivity index (χ1n) is 7.33. The summed E-state index contributed by atoms with van der Waals surface area (Å²) in [6, 6.07) is 9.20. The van der Waals surface area contributed by atoms with E-state index >= 15 is 0 Å². The zero-order valence-corrected chi connectivity index (χ0v) is 12.8. The van der Waals surface area contributed by atoms with Crippen molar-refractivity contribution >= 4 is 11.8 Å². The van der Waals surface area contributed by atoms with E-state index in [2.05, 4.69) is 42.8 Å². The summed E-state index contributed by atoms with van der Waals surface area (Å²) >= 11 is 1.84. The van der Waals surface area contributed by atoms with Crippen molar-refractivity contribution < 1.29 is 4.74 Å². The lowest BCUT2D eigenvalue weighted by Gasteiger charge is -2.22. The molecule has 0 amide bonds. The summed E-state index contributed by atoms with van der Waals surface area (Å²) in [5.41, 5.74) is 1.44. The fraction of sp³-hybridized carbons (Fsp3) is 0.625. The SMILES string of the molecule is CCNC(CCC1CCCO1)c1ccccc1SC. The minimum atomic E-state index is 0.456. The van der Waals surface area contributed by atoms with Crippen molar-refractivity contribution in [3.63, 3.8) is 0 Å². The van der Waals surface area contributed by atoms with Crippen LogP contribution in [0.3, 0.4) is 0 Å². The lowest BCUT2D eigenvalue weighted by Crippen LogP contribution is -2.23. The summed E-state index contributed by atoms with van der Waals surface area (Å²) in [4.78, 5) is 1.39. The van der Waals surface area contributed by atoms with Crippen molar-refractivity contribution in [2.75, 3.05) is 19.4 Å². The van der Waals surface area contributed by atoms with Crippen LogP contribution in [0, 0.1) is 0 Å². The van der Waals surface area contributed by atoms with E-state index in [1.54, 1.807) is 0 Å². The summed E-state index contributed by atoms with van der Waals surface area (Å²) < 4.78 is 5.74. The van der Waals surface area contributed by atoms with Crippen LogP contribution >= 0.6 is 11.8 Å². The van der Waals surface area contributed by atoms with Crippen LogP contribution in [0.1, 0.15) is 44.2 Å². The van der Waals surface area contributed by atoms with Gasteiger partial charge in [0.05, 0.1) is 6.10 Å². The number of hydrogen-bond acceptors (Lipinski definition) is 3. The van der Waals surface area contributed by atoms with Crippen LogP contribution in [0.15, 0.2) is 29.2 Å². The molecule has 1 fully saturated rings. The highest BCUT2D eigenvalue weighted by Crippen LogP contribution is 2.30. The van der Waals surface area contributed by atoms with Gasteiger partial charge in [-0.3, -0.25) is 0 Å².